The molecule has 32 heavy (non-hydrogen) atoms. The summed E-state index contributed by atoms with van der Waals surface area (Å²) in [7, 11) is -1.48. The zero-order valence-electron chi connectivity index (χ0n) is 19.3. The predicted molar refractivity (Wildman–Crippen MR) is 133 cm³/mol. The van der Waals surface area contributed by atoms with Crippen LogP contribution in [0.1, 0.15) is 78.1 Å². The number of hydrogen-bond donors (Lipinski definition) is 1. The second-order valence-electron chi connectivity index (χ2n) is 8.16. The van der Waals surface area contributed by atoms with E-state index in [0.29, 0.717) is 28.0 Å². The minimum Gasteiger partial charge on any atom is -0.481 e. The Morgan fingerprint density at radius 2 is 1.56 bits per heavy atom. The zero-order chi connectivity index (χ0) is 23.9. The summed E-state index contributed by atoms with van der Waals surface area (Å²) in [6.07, 6.45) is 8.50. The van der Waals surface area contributed by atoms with Crippen LogP contribution in [-0.4, -0.2) is 44.9 Å². The predicted octanol–water partition coefficient (Wildman–Crippen LogP) is 6.57. The first kappa shape index (κ1) is 28.9. The second-order valence-corrected chi connectivity index (χ2v) is 10.5. The molecule has 0 spiro atoms. The van der Waals surface area contributed by atoms with Gasteiger partial charge in [0.2, 0.25) is 5.91 Å². The van der Waals surface area contributed by atoms with E-state index in [1.54, 1.807) is 18.2 Å². The van der Waals surface area contributed by atoms with E-state index in [9.17, 15) is 13.8 Å². The van der Waals surface area contributed by atoms with Crippen molar-refractivity contribution in [1.82, 2.24) is 4.90 Å². The highest BCUT2D eigenvalue weighted by molar-refractivity contribution is 7.85. The Morgan fingerprint density at radius 1 is 0.969 bits per heavy atom. The normalized spacial score (nSPS) is 13.0. The molecule has 0 fully saturated rings. The van der Waals surface area contributed by atoms with Crippen LogP contribution in [0.2, 0.25) is 10.0 Å². The van der Waals surface area contributed by atoms with E-state index in [1.165, 1.54) is 0 Å². The van der Waals surface area contributed by atoms with E-state index in [1.807, 2.05) is 4.90 Å². The Labute approximate surface area is 205 Å². The fraction of sp³-hybridized carbons (Fsp3) is 0.667. The Bertz CT molecular complexity index is 733. The van der Waals surface area contributed by atoms with Crippen molar-refractivity contribution in [2.24, 2.45) is 5.92 Å². The molecule has 1 N–H and O–H groups in total. The quantitative estimate of drug-likeness (QED) is 0.243. The molecule has 0 radical (unpaired) electrons. The molecule has 1 aromatic rings. The van der Waals surface area contributed by atoms with E-state index in [0.717, 1.165) is 51.4 Å². The van der Waals surface area contributed by atoms with Crippen LogP contribution in [0.5, 0.6) is 0 Å². The van der Waals surface area contributed by atoms with Gasteiger partial charge in [-0.15, -0.1) is 0 Å². The highest BCUT2D eigenvalue weighted by atomic mass is 35.5. The monoisotopic (exact) mass is 505 g/mol. The molecular weight excluding hydrogens is 469 g/mol. The van der Waals surface area contributed by atoms with Crippen molar-refractivity contribution in [3.05, 3.63) is 28.2 Å². The van der Waals surface area contributed by atoms with Crippen LogP contribution in [0, 0.1) is 5.92 Å². The van der Waals surface area contributed by atoms with E-state index in [4.69, 9.17) is 28.3 Å². The molecule has 0 aliphatic rings. The van der Waals surface area contributed by atoms with Gasteiger partial charge in [-0.3, -0.25) is 13.8 Å². The van der Waals surface area contributed by atoms with E-state index >= 15 is 0 Å². The molecule has 5 nitrogen and oxygen atoms in total. The number of hydrogen-bond acceptors (Lipinski definition) is 3. The van der Waals surface area contributed by atoms with Crippen LogP contribution < -0.4 is 0 Å². The molecule has 0 saturated heterocycles. The number of amides is 1. The van der Waals surface area contributed by atoms with Gasteiger partial charge in [0.25, 0.3) is 0 Å². The average Bonchev–Trinajstić information content (AvgIpc) is 2.76. The Hall–Kier alpha value is -1.11. The van der Waals surface area contributed by atoms with Gasteiger partial charge in [-0.25, -0.2) is 0 Å². The van der Waals surface area contributed by atoms with Crippen LogP contribution >= 0.6 is 23.2 Å². The lowest BCUT2D eigenvalue weighted by molar-refractivity contribution is -0.138. The van der Waals surface area contributed by atoms with Crippen molar-refractivity contribution in [2.75, 3.05) is 18.8 Å². The van der Waals surface area contributed by atoms with Crippen molar-refractivity contribution >= 4 is 45.9 Å². The summed E-state index contributed by atoms with van der Waals surface area (Å²) in [5.41, 5.74) is 0. The maximum Gasteiger partial charge on any atom is 0.303 e. The molecule has 1 aromatic carbocycles. The highest BCUT2D eigenvalue weighted by Crippen LogP contribution is 2.25. The van der Waals surface area contributed by atoms with Gasteiger partial charge >= 0.3 is 5.97 Å². The van der Waals surface area contributed by atoms with Crippen molar-refractivity contribution in [3.8, 4) is 0 Å². The summed E-state index contributed by atoms with van der Waals surface area (Å²) in [5, 5.41) is 9.85. The topological polar surface area (TPSA) is 74.7 Å². The smallest absolute Gasteiger partial charge is 0.303 e. The molecule has 0 heterocycles. The third-order valence-corrected chi connectivity index (χ3v) is 7.66. The Morgan fingerprint density at radius 3 is 2.06 bits per heavy atom. The van der Waals surface area contributed by atoms with Gasteiger partial charge in [-0.2, -0.15) is 0 Å². The molecular formula is C24H37Cl2NO4S. The minimum absolute atomic E-state index is 0.0739. The lowest BCUT2D eigenvalue weighted by atomic mass is 10.0. The first-order chi connectivity index (χ1) is 15.3. The van der Waals surface area contributed by atoms with Gasteiger partial charge in [0.1, 0.15) is 0 Å². The van der Waals surface area contributed by atoms with Crippen molar-refractivity contribution < 1.29 is 18.9 Å². The number of rotatable bonds is 17. The summed E-state index contributed by atoms with van der Waals surface area (Å²) in [6.45, 7) is 5.61. The fourth-order valence-corrected chi connectivity index (χ4v) is 5.22. The van der Waals surface area contributed by atoms with Gasteiger partial charge in [0.05, 0.1) is 26.8 Å². The third kappa shape index (κ3) is 11.2. The number of carbonyl (C=O) groups is 2. The maximum absolute atomic E-state index is 13.4. The van der Waals surface area contributed by atoms with Crippen LogP contribution in [0.15, 0.2) is 23.1 Å². The molecule has 1 amide bonds. The Balaban J connectivity index is 2.94. The van der Waals surface area contributed by atoms with Crippen LogP contribution in [-0.2, 0) is 20.4 Å². The number of carboxylic acid groups (broad SMARTS) is 1. The minimum atomic E-state index is -1.48. The summed E-state index contributed by atoms with van der Waals surface area (Å²) in [4.78, 5) is 27.0. The number of nitrogens with zero attached hydrogens (tertiary/aromatic N) is 1. The fourth-order valence-electron chi connectivity index (χ4n) is 3.52. The second kappa shape index (κ2) is 16.5. The number of unbranched alkanes of at least 4 members (excludes halogenated alkanes) is 6. The van der Waals surface area contributed by atoms with E-state index in [-0.39, 0.29) is 24.5 Å². The lowest BCUT2D eigenvalue weighted by Gasteiger charge is -2.27. The molecule has 0 saturated carbocycles. The Kier molecular flexibility index (Phi) is 14.9. The summed E-state index contributed by atoms with van der Waals surface area (Å²) < 4.78 is 13.0. The number of halogens is 2. The third-order valence-electron chi connectivity index (χ3n) is 5.44. The summed E-state index contributed by atoms with van der Waals surface area (Å²) >= 11 is 12.0. The molecule has 8 heteroatoms. The van der Waals surface area contributed by atoms with Gasteiger partial charge in [0.15, 0.2) is 0 Å². The zero-order valence-corrected chi connectivity index (χ0v) is 21.6. The molecule has 182 valence electrons. The van der Waals surface area contributed by atoms with Crippen molar-refractivity contribution in [1.29, 1.82) is 0 Å². The average molecular weight is 507 g/mol. The first-order valence-corrected chi connectivity index (χ1v) is 13.7. The van der Waals surface area contributed by atoms with Crippen LogP contribution in [0.3, 0.4) is 0 Å². The highest BCUT2D eigenvalue weighted by Gasteiger charge is 2.27. The van der Waals surface area contributed by atoms with Gasteiger partial charge in [0, 0.05) is 30.2 Å². The summed E-state index contributed by atoms with van der Waals surface area (Å²) in [5.74, 6) is -1.59. The maximum atomic E-state index is 13.4. The van der Waals surface area contributed by atoms with Gasteiger partial charge in [-0.1, -0.05) is 75.6 Å². The first-order valence-electron chi connectivity index (χ1n) is 11.6. The number of carboxylic acids is 1. The SMILES string of the molecule is CCCCCCN(CCCCCC)C(=O)C(CCC(=O)O)CS(=O)c1ccc(Cl)c(Cl)c1. The largest absolute Gasteiger partial charge is 0.481 e. The molecule has 2 unspecified atom stereocenters. The molecule has 0 aliphatic heterocycles. The van der Waals surface area contributed by atoms with Crippen molar-refractivity contribution in [3.63, 3.8) is 0 Å². The van der Waals surface area contributed by atoms with Crippen LogP contribution in [0.25, 0.3) is 0 Å². The summed E-state index contributed by atoms with van der Waals surface area (Å²) in [6, 6.07) is 4.77. The molecule has 0 bridgehead atoms. The lowest BCUT2D eigenvalue weighted by Crippen LogP contribution is -2.40. The van der Waals surface area contributed by atoms with Gasteiger partial charge < -0.3 is 10.0 Å². The van der Waals surface area contributed by atoms with Crippen molar-refractivity contribution in [2.45, 2.75) is 83.0 Å². The molecule has 2 atom stereocenters. The van der Waals surface area contributed by atoms with E-state index < -0.39 is 22.7 Å². The molecule has 0 aliphatic carbocycles. The van der Waals surface area contributed by atoms with Crippen LogP contribution in [0.4, 0.5) is 0 Å². The number of carbonyl (C=O) groups excluding carboxylic acids is 1. The molecule has 0 aromatic heterocycles. The van der Waals surface area contributed by atoms with E-state index in [2.05, 4.69) is 13.8 Å². The molecule has 1 rings (SSSR count). The number of benzene rings is 1. The number of aliphatic carboxylic acids is 1. The standard InChI is InChI=1S/C24H37Cl2NO4S/c1-3-5-7-9-15-27(16-10-8-6-4-2)24(30)19(11-14-23(28)29)18-32(31)20-12-13-21(25)22(26)17-20/h12-13,17,19H,3-11,14-16,18H2,1-2H3,(H,28,29). The van der Waals surface area contributed by atoms with Gasteiger partial charge in [-0.05, 0) is 37.5 Å².